The third-order valence-electron chi connectivity index (χ3n) is 2.42. The molecule has 3 nitrogen and oxygen atoms in total. The largest absolute Gasteiger partial charge is 0.310 e. The molecule has 14 heavy (non-hydrogen) atoms. The van der Waals surface area contributed by atoms with Crippen LogP contribution < -0.4 is 4.90 Å². The normalized spacial score (nSPS) is 18.6. The lowest BCUT2D eigenvalue weighted by Gasteiger charge is -2.32. The molecule has 0 aliphatic carbocycles. The van der Waals surface area contributed by atoms with Crippen LogP contribution in [-0.4, -0.2) is 37.5 Å². The molecular weight excluding hydrogens is 176 g/mol. The Bertz CT molecular complexity index is 323. The molecule has 1 radical (unpaired) electrons. The first-order valence-electron chi connectivity index (χ1n) is 4.72. The standard InChI is InChI=1S/C11H13N2O/c1-12-7-8-13(11(14)9-12)10-5-3-2-4-6-10/h3-6H,7-9H2,1H3. The molecule has 0 saturated carbocycles. The minimum atomic E-state index is 0.171. The number of rotatable bonds is 1. The van der Waals surface area contributed by atoms with Crippen LogP contribution in [0.3, 0.4) is 0 Å². The summed E-state index contributed by atoms with van der Waals surface area (Å²) in [6.45, 7) is 2.22. The van der Waals surface area contributed by atoms with E-state index in [1.807, 2.05) is 41.1 Å². The molecular formula is C11H13N2O. The summed E-state index contributed by atoms with van der Waals surface area (Å²) < 4.78 is 0. The van der Waals surface area contributed by atoms with Gasteiger partial charge in [0.2, 0.25) is 5.91 Å². The molecule has 0 N–H and O–H groups in total. The number of hydrogen-bond acceptors (Lipinski definition) is 2. The maximum absolute atomic E-state index is 11.7. The second-order valence-corrected chi connectivity index (χ2v) is 3.54. The Labute approximate surface area is 83.9 Å². The number of carbonyl (C=O) groups excluding carboxylic acids is 1. The van der Waals surface area contributed by atoms with Crippen LogP contribution in [0.5, 0.6) is 0 Å². The minimum Gasteiger partial charge on any atom is -0.310 e. The number of carbonyl (C=O) groups is 1. The summed E-state index contributed by atoms with van der Waals surface area (Å²) in [6.07, 6.45) is 0. The van der Waals surface area contributed by atoms with E-state index < -0.39 is 0 Å². The highest BCUT2D eigenvalue weighted by molar-refractivity contribution is 5.95. The summed E-state index contributed by atoms with van der Waals surface area (Å²) in [7, 11) is 1.97. The van der Waals surface area contributed by atoms with Gasteiger partial charge in [0.25, 0.3) is 0 Å². The number of benzene rings is 1. The molecule has 0 atom stereocenters. The molecule has 73 valence electrons. The number of likely N-dealkylation sites (N-methyl/N-ethyl adjacent to an activating group) is 1. The van der Waals surface area contributed by atoms with Gasteiger partial charge in [-0.1, -0.05) is 12.1 Å². The third kappa shape index (κ3) is 1.77. The van der Waals surface area contributed by atoms with E-state index in [2.05, 4.69) is 6.07 Å². The van der Waals surface area contributed by atoms with Crippen molar-refractivity contribution in [3.63, 3.8) is 0 Å². The van der Waals surface area contributed by atoms with Crippen LogP contribution in [0.2, 0.25) is 0 Å². The quantitative estimate of drug-likeness (QED) is 0.651. The summed E-state index contributed by atoms with van der Waals surface area (Å²) in [6, 6.07) is 10.5. The highest BCUT2D eigenvalue weighted by Crippen LogP contribution is 2.15. The Kier molecular flexibility index (Phi) is 2.50. The van der Waals surface area contributed by atoms with Gasteiger partial charge in [-0.25, -0.2) is 0 Å². The van der Waals surface area contributed by atoms with Gasteiger partial charge in [0.05, 0.1) is 6.54 Å². The van der Waals surface area contributed by atoms with E-state index in [4.69, 9.17) is 0 Å². The molecule has 1 aliphatic rings. The van der Waals surface area contributed by atoms with Crippen LogP contribution in [-0.2, 0) is 4.79 Å². The molecule has 1 aliphatic heterocycles. The van der Waals surface area contributed by atoms with E-state index in [1.165, 1.54) is 0 Å². The lowest BCUT2D eigenvalue weighted by atomic mass is 10.2. The van der Waals surface area contributed by atoms with E-state index in [9.17, 15) is 4.79 Å². The SMILES string of the molecule is CN1CCN(c2cc[c]cc2)C(=O)C1. The number of nitrogens with zero attached hydrogens (tertiary/aromatic N) is 2. The van der Waals surface area contributed by atoms with Crippen LogP contribution in [0.15, 0.2) is 24.3 Å². The zero-order valence-electron chi connectivity index (χ0n) is 8.23. The first kappa shape index (κ1) is 9.21. The molecule has 1 heterocycles. The van der Waals surface area contributed by atoms with Crippen molar-refractivity contribution in [2.45, 2.75) is 0 Å². The van der Waals surface area contributed by atoms with Crippen LogP contribution >= 0.6 is 0 Å². The van der Waals surface area contributed by atoms with Gasteiger partial charge < -0.3 is 4.90 Å². The summed E-state index contributed by atoms with van der Waals surface area (Å²) in [5, 5.41) is 0. The van der Waals surface area contributed by atoms with Crippen LogP contribution in [0, 0.1) is 6.07 Å². The van der Waals surface area contributed by atoms with Crippen molar-refractivity contribution >= 4 is 11.6 Å². The monoisotopic (exact) mass is 189 g/mol. The molecule has 0 spiro atoms. The molecule has 0 aromatic heterocycles. The number of piperazine rings is 1. The average molecular weight is 189 g/mol. The highest BCUT2D eigenvalue weighted by atomic mass is 16.2. The Morgan fingerprint density at radius 1 is 1.29 bits per heavy atom. The van der Waals surface area contributed by atoms with Gasteiger partial charge in [0.1, 0.15) is 0 Å². The summed E-state index contributed by atoms with van der Waals surface area (Å²) in [4.78, 5) is 15.5. The van der Waals surface area contributed by atoms with Gasteiger partial charge in [-0.15, -0.1) is 0 Å². The Morgan fingerprint density at radius 3 is 2.64 bits per heavy atom. The fourth-order valence-corrected chi connectivity index (χ4v) is 1.62. The molecule has 2 rings (SSSR count). The predicted octanol–water partition coefficient (Wildman–Crippen LogP) is 0.765. The molecule has 1 aromatic rings. The highest BCUT2D eigenvalue weighted by Gasteiger charge is 2.22. The van der Waals surface area contributed by atoms with Crippen molar-refractivity contribution in [1.29, 1.82) is 0 Å². The molecule has 1 saturated heterocycles. The van der Waals surface area contributed by atoms with Crippen LogP contribution in [0.1, 0.15) is 0 Å². The summed E-state index contributed by atoms with van der Waals surface area (Å²) in [5.74, 6) is 0.171. The Hall–Kier alpha value is -1.35. The maximum atomic E-state index is 11.7. The van der Waals surface area contributed by atoms with E-state index in [-0.39, 0.29) is 5.91 Å². The smallest absolute Gasteiger partial charge is 0.241 e. The first-order chi connectivity index (χ1) is 6.77. The van der Waals surface area contributed by atoms with Gasteiger partial charge >= 0.3 is 0 Å². The van der Waals surface area contributed by atoms with Crippen molar-refractivity contribution in [2.24, 2.45) is 0 Å². The van der Waals surface area contributed by atoms with E-state index in [0.29, 0.717) is 6.54 Å². The zero-order valence-corrected chi connectivity index (χ0v) is 8.23. The third-order valence-corrected chi connectivity index (χ3v) is 2.42. The van der Waals surface area contributed by atoms with E-state index in [0.717, 1.165) is 18.8 Å². The van der Waals surface area contributed by atoms with Gasteiger partial charge in [0.15, 0.2) is 0 Å². The van der Waals surface area contributed by atoms with Gasteiger partial charge in [-0.05, 0) is 25.2 Å². The maximum Gasteiger partial charge on any atom is 0.241 e. The predicted molar refractivity (Wildman–Crippen MR) is 55.1 cm³/mol. The van der Waals surface area contributed by atoms with Crippen molar-refractivity contribution in [1.82, 2.24) is 4.90 Å². The van der Waals surface area contributed by atoms with Gasteiger partial charge in [-0.3, -0.25) is 9.69 Å². The molecule has 1 fully saturated rings. The van der Waals surface area contributed by atoms with Crippen LogP contribution in [0.4, 0.5) is 5.69 Å². The summed E-state index contributed by atoms with van der Waals surface area (Å²) in [5.41, 5.74) is 0.974. The van der Waals surface area contributed by atoms with Crippen molar-refractivity contribution < 1.29 is 4.79 Å². The molecule has 0 bridgehead atoms. The molecule has 3 heteroatoms. The average Bonchev–Trinajstić information content (AvgIpc) is 2.19. The van der Waals surface area contributed by atoms with E-state index in [1.54, 1.807) is 0 Å². The van der Waals surface area contributed by atoms with Crippen molar-refractivity contribution in [3.8, 4) is 0 Å². The van der Waals surface area contributed by atoms with Gasteiger partial charge in [-0.2, -0.15) is 0 Å². The summed E-state index contributed by atoms with van der Waals surface area (Å²) >= 11 is 0. The lowest BCUT2D eigenvalue weighted by Crippen LogP contribution is -2.48. The van der Waals surface area contributed by atoms with Gasteiger partial charge in [0, 0.05) is 18.8 Å². The molecule has 1 amide bonds. The van der Waals surface area contributed by atoms with Crippen molar-refractivity contribution in [3.05, 3.63) is 30.3 Å². The lowest BCUT2D eigenvalue weighted by molar-refractivity contribution is -0.120. The second-order valence-electron chi connectivity index (χ2n) is 3.54. The Morgan fingerprint density at radius 2 is 2.00 bits per heavy atom. The molecule has 1 aromatic carbocycles. The topological polar surface area (TPSA) is 23.6 Å². The number of hydrogen-bond donors (Lipinski definition) is 0. The second kappa shape index (κ2) is 3.80. The fraction of sp³-hybridized carbons (Fsp3) is 0.364. The number of anilines is 1. The zero-order chi connectivity index (χ0) is 9.97. The Balaban J connectivity index is 2.16. The number of amides is 1. The minimum absolute atomic E-state index is 0.171. The fourth-order valence-electron chi connectivity index (χ4n) is 1.62. The van der Waals surface area contributed by atoms with E-state index >= 15 is 0 Å². The van der Waals surface area contributed by atoms with Crippen molar-refractivity contribution in [2.75, 3.05) is 31.6 Å². The molecule has 0 unspecified atom stereocenters. The van der Waals surface area contributed by atoms with Crippen LogP contribution in [0.25, 0.3) is 0 Å². The first-order valence-corrected chi connectivity index (χ1v) is 4.72.